The average Bonchev–Trinajstić information content (AvgIpc) is 2.51. The van der Waals surface area contributed by atoms with Gasteiger partial charge < -0.3 is 16.2 Å². The second-order valence-corrected chi connectivity index (χ2v) is 8.12. The lowest BCUT2D eigenvalue weighted by molar-refractivity contribution is -0.143. The van der Waals surface area contributed by atoms with Crippen LogP contribution in [0.1, 0.15) is 52.4 Å². The lowest BCUT2D eigenvalue weighted by atomic mass is 9.93. The molecule has 1 unspecified atom stereocenters. The Bertz CT molecular complexity index is 560. The van der Waals surface area contributed by atoms with E-state index in [9.17, 15) is 22.8 Å². The number of sulfone groups is 1. The minimum atomic E-state index is -3.80. The van der Waals surface area contributed by atoms with Crippen LogP contribution in [0.3, 0.4) is 0 Å². The fraction of sp³-hybridized carbons (Fsp3) is 0.800. The highest BCUT2D eigenvalue weighted by molar-refractivity contribution is 7.92. The summed E-state index contributed by atoms with van der Waals surface area (Å²) in [6.07, 6.45) is 1.42. The standard InChI is InChI=1S/C15H28N2O6S.ClH/c1-4-6-11(7-5-2)24(21,22)10-15(17,14(16)20)12(18)8-9-13(19)23-3;/h11H,4-10,17H2,1-3H3,(H2,16,20);1H. The highest BCUT2D eigenvalue weighted by Crippen LogP contribution is 2.20. The van der Waals surface area contributed by atoms with E-state index >= 15 is 0 Å². The predicted octanol–water partition coefficient (Wildman–Crippen LogP) is 0.497. The van der Waals surface area contributed by atoms with Crippen molar-refractivity contribution in [3.05, 3.63) is 0 Å². The summed E-state index contributed by atoms with van der Waals surface area (Å²) in [6, 6.07) is 0. The molecule has 0 aliphatic carbocycles. The number of methoxy groups -OCH3 is 1. The van der Waals surface area contributed by atoms with E-state index < -0.39 is 50.5 Å². The summed E-state index contributed by atoms with van der Waals surface area (Å²) in [5.41, 5.74) is 8.63. The second-order valence-electron chi connectivity index (χ2n) is 5.84. The Balaban J connectivity index is 0. The molecule has 148 valence electrons. The quantitative estimate of drug-likeness (QED) is 0.358. The van der Waals surface area contributed by atoms with Crippen molar-refractivity contribution in [1.82, 2.24) is 0 Å². The summed E-state index contributed by atoms with van der Waals surface area (Å²) in [4.78, 5) is 35.1. The van der Waals surface area contributed by atoms with Gasteiger partial charge in [0.15, 0.2) is 21.2 Å². The molecule has 0 aromatic rings. The molecule has 0 heterocycles. The molecule has 25 heavy (non-hydrogen) atoms. The van der Waals surface area contributed by atoms with Gasteiger partial charge in [-0.05, 0) is 12.8 Å². The third-order valence-electron chi connectivity index (χ3n) is 3.88. The van der Waals surface area contributed by atoms with Gasteiger partial charge >= 0.3 is 5.97 Å². The Morgan fingerprint density at radius 1 is 1.08 bits per heavy atom. The Kier molecular flexibility index (Phi) is 11.9. The van der Waals surface area contributed by atoms with E-state index in [2.05, 4.69) is 4.74 Å². The summed E-state index contributed by atoms with van der Waals surface area (Å²) in [7, 11) is -2.65. The number of ether oxygens (including phenoxy) is 1. The van der Waals surface area contributed by atoms with Gasteiger partial charge in [-0.15, -0.1) is 12.4 Å². The van der Waals surface area contributed by atoms with Crippen LogP contribution in [0, 0.1) is 0 Å². The van der Waals surface area contributed by atoms with Gasteiger partial charge in [0, 0.05) is 6.42 Å². The Hall–Kier alpha value is -1.19. The molecular formula is C15H29ClN2O6S. The number of hydrogen-bond donors (Lipinski definition) is 2. The minimum Gasteiger partial charge on any atom is -0.469 e. The summed E-state index contributed by atoms with van der Waals surface area (Å²) < 4.78 is 29.6. The first kappa shape index (κ1) is 26.0. The van der Waals surface area contributed by atoms with E-state index in [4.69, 9.17) is 11.5 Å². The SMILES string of the molecule is CCCC(CCC)S(=O)(=O)CC(N)(C(N)=O)C(=O)CCC(=O)OC.Cl. The fourth-order valence-electron chi connectivity index (χ4n) is 2.41. The summed E-state index contributed by atoms with van der Waals surface area (Å²) >= 11 is 0. The molecule has 4 N–H and O–H groups in total. The Morgan fingerprint density at radius 3 is 1.92 bits per heavy atom. The molecule has 1 atom stereocenters. The van der Waals surface area contributed by atoms with E-state index in [1.165, 1.54) is 0 Å². The van der Waals surface area contributed by atoms with Crippen molar-refractivity contribution in [2.75, 3.05) is 12.9 Å². The van der Waals surface area contributed by atoms with Gasteiger partial charge in [0.1, 0.15) is 0 Å². The highest BCUT2D eigenvalue weighted by atomic mass is 35.5. The number of carbonyl (C=O) groups excluding carboxylic acids is 3. The van der Waals surface area contributed by atoms with Crippen LogP contribution in [0.2, 0.25) is 0 Å². The van der Waals surface area contributed by atoms with E-state index in [0.29, 0.717) is 25.7 Å². The lowest BCUT2D eigenvalue weighted by Crippen LogP contribution is -2.63. The molecule has 0 rings (SSSR count). The van der Waals surface area contributed by atoms with E-state index in [1.807, 2.05) is 13.8 Å². The molecule has 0 saturated carbocycles. The number of ketones is 1. The fourth-order valence-corrected chi connectivity index (χ4v) is 4.78. The van der Waals surface area contributed by atoms with Crippen LogP contribution >= 0.6 is 12.4 Å². The van der Waals surface area contributed by atoms with Crippen molar-refractivity contribution < 1.29 is 27.5 Å². The molecule has 0 fully saturated rings. The van der Waals surface area contributed by atoms with Crippen LogP contribution in [0.25, 0.3) is 0 Å². The number of carbonyl (C=O) groups is 3. The number of nitrogens with two attached hydrogens (primary N) is 2. The monoisotopic (exact) mass is 400 g/mol. The van der Waals surface area contributed by atoms with Crippen molar-refractivity contribution in [2.24, 2.45) is 11.5 Å². The van der Waals surface area contributed by atoms with Gasteiger partial charge in [0.2, 0.25) is 5.91 Å². The van der Waals surface area contributed by atoms with Crippen LogP contribution in [0.15, 0.2) is 0 Å². The molecule has 0 aliphatic heterocycles. The Morgan fingerprint density at radius 2 is 1.56 bits per heavy atom. The number of primary amides is 1. The minimum absolute atomic E-state index is 0. The number of amides is 1. The molecule has 8 nitrogen and oxygen atoms in total. The van der Waals surface area contributed by atoms with Gasteiger partial charge in [0.05, 0.1) is 24.5 Å². The van der Waals surface area contributed by atoms with Crippen molar-refractivity contribution >= 4 is 39.9 Å². The van der Waals surface area contributed by atoms with Gasteiger partial charge in [-0.25, -0.2) is 8.42 Å². The zero-order chi connectivity index (χ0) is 19.0. The zero-order valence-electron chi connectivity index (χ0n) is 14.9. The Labute approximate surface area is 155 Å². The van der Waals surface area contributed by atoms with E-state index in [0.717, 1.165) is 7.11 Å². The largest absolute Gasteiger partial charge is 0.469 e. The molecule has 0 spiro atoms. The van der Waals surface area contributed by atoms with Crippen LogP contribution in [0.4, 0.5) is 0 Å². The average molecular weight is 401 g/mol. The van der Waals surface area contributed by atoms with Crippen molar-refractivity contribution in [2.45, 2.75) is 63.2 Å². The zero-order valence-corrected chi connectivity index (χ0v) is 16.6. The van der Waals surface area contributed by atoms with Crippen molar-refractivity contribution in [3.63, 3.8) is 0 Å². The summed E-state index contributed by atoms with van der Waals surface area (Å²) in [6.45, 7) is 3.70. The van der Waals surface area contributed by atoms with Crippen LogP contribution in [-0.4, -0.2) is 49.7 Å². The van der Waals surface area contributed by atoms with Crippen LogP contribution in [-0.2, 0) is 29.0 Å². The summed E-state index contributed by atoms with van der Waals surface area (Å²) in [5, 5.41) is -0.678. The van der Waals surface area contributed by atoms with Crippen LogP contribution < -0.4 is 11.5 Å². The third-order valence-corrected chi connectivity index (χ3v) is 6.22. The van der Waals surface area contributed by atoms with Crippen LogP contribution in [0.5, 0.6) is 0 Å². The first-order valence-electron chi connectivity index (χ1n) is 7.95. The van der Waals surface area contributed by atoms with Crippen molar-refractivity contribution in [1.29, 1.82) is 0 Å². The second kappa shape index (κ2) is 11.4. The lowest BCUT2D eigenvalue weighted by Gasteiger charge is -2.27. The number of esters is 1. The first-order chi connectivity index (χ1) is 11.0. The molecule has 0 bridgehead atoms. The maximum absolute atomic E-state index is 12.6. The summed E-state index contributed by atoms with van der Waals surface area (Å²) in [5.74, 6) is -3.60. The van der Waals surface area contributed by atoms with Crippen molar-refractivity contribution in [3.8, 4) is 0 Å². The topological polar surface area (TPSA) is 147 Å². The van der Waals surface area contributed by atoms with Gasteiger partial charge in [-0.2, -0.15) is 0 Å². The van der Waals surface area contributed by atoms with Gasteiger partial charge in [-0.3, -0.25) is 14.4 Å². The maximum atomic E-state index is 12.6. The molecule has 1 amide bonds. The first-order valence-corrected chi connectivity index (χ1v) is 9.67. The maximum Gasteiger partial charge on any atom is 0.305 e. The number of Topliss-reactive ketones (excluding diaryl/α,β-unsaturated/α-hetero) is 1. The van der Waals surface area contributed by atoms with Gasteiger partial charge in [-0.1, -0.05) is 26.7 Å². The number of halogens is 1. The molecular weight excluding hydrogens is 372 g/mol. The molecule has 10 heteroatoms. The molecule has 0 aliphatic rings. The van der Waals surface area contributed by atoms with E-state index in [-0.39, 0.29) is 18.8 Å². The molecule has 0 aromatic carbocycles. The molecule has 0 saturated heterocycles. The van der Waals surface area contributed by atoms with Gasteiger partial charge in [0.25, 0.3) is 0 Å². The smallest absolute Gasteiger partial charge is 0.305 e. The highest BCUT2D eigenvalue weighted by Gasteiger charge is 2.45. The predicted molar refractivity (Wildman–Crippen MR) is 97.0 cm³/mol. The number of hydrogen-bond acceptors (Lipinski definition) is 7. The van der Waals surface area contributed by atoms with E-state index in [1.54, 1.807) is 0 Å². The third kappa shape index (κ3) is 7.70. The number of rotatable bonds is 12. The molecule has 0 radical (unpaired) electrons. The molecule has 0 aromatic heterocycles. The normalized spacial score (nSPS) is 13.6.